The van der Waals surface area contributed by atoms with E-state index in [-0.39, 0.29) is 11.9 Å². The van der Waals surface area contributed by atoms with Gasteiger partial charge < -0.3 is 5.32 Å². The molecule has 1 amide bonds. The molecular weight excluding hydrogens is 208 g/mol. The van der Waals surface area contributed by atoms with Crippen LogP contribution >= 0.6 is 11.8 Å². The number of carbonyl (C=O) groups is 1. The van der Waals surface area contributed by atoms with Crippen LogP contribution in [0, 0.1) is 5.92 Å². The summed E-state index contributed by atoms with van der Waals surface area (Å²) >= 11 is 1.80. The molecule has 1 aliphatic heterocycles. The number of carbonyl (C=O) groups excluding carboxylic acids is 1. The first kappa shape index (κ1) is 11.3. The van der Waals surface area contributed by atoms with Crippen molar-refractivity contribution < 1.29 is 4.79 Å². The van der Waals surface area contributed by atoms with Gasteiger partial charge in [0.1, 0.15) is 0 Å². The predicted molar refractivity (Wildman–Crippen MR) is 63.8 cm³/mol. The molecule has 1 saturated carbocycles. The van der Waals surface area contributed by atoms with Crippen molar-refractivity contribution >= 4 is 17.7 Å². The normalized spacial score (nSPS) is 29.3. The van der Waals surface area contributed by atoms with Crippen molar-refractivity contribution in [1.82, 2.24) is 10.6 Å². The van der Waals surface area contributed by atoms with Gasteiger partial charge in [-0.1, -0.05) is 12.8 Å². The molecule has 2 N–H and O–H groups in total. The minimum atomic E-state index is 0.0406. The van der Waals surface area contributed by atoms with E-state index in [0.29, 0.717) is 12.0 Å². The highest BCUT2D eigenvalue weighted by atomic mass is 32.2. The fourth-order valence-electron chi connectivity index (χ4n) is 2.46. The summed E-state index contributed by atoms with van der Waals surface area (Å²) in [6.45, 7) is 2.15. The Labute approximate surface area is 95.8 Å². The highest BCUT2D eigenvalue weighted by Gasteiger charge is 2.27. The standard InChI is InChI=1S/C11H20N2OS/c1-8(9-4-2-3-5-9)13-11(14)10-6-15-7-12-10/h8-10,12H,2-7H2,1H3,(H,13,14). The zero-order chi connectivity index (χ0) is 10.7. The largest absolute Gasteiger partial charge is 0.352 e. The number of rotatable bonds is 3. The quantitative estimate of drug-likeness (QED) is 0.766. The summed E-state index contributed by atoms with van der Waals surface area (Å²) in [7, 11) is 0. The van der Waals surface area contributed by atoms with Crippen LogP contribution in [0.3, 0.4) is 0 Å². The molecule has 2 aliphatic rings. The van der Waals surface area contributed by atoms with Gasteiger partial charge in [0.25, 0.3) is 0 Å². The van der Waals surface area contributed by atoms with E-state index in [1.54, 1.807) is 11.8 Å². The van der Waals surface area contributed by atoms with Gasteiger partial charge in [-0.3, -0.25) is 10.1 Å². The molecule has 2 atom stereocenters. The lowest BCUT2D eigenvalue weighted by molar-refractivity contribution is -0.123. The summed E-state index contributed by atoms with van der Waals surface area (Å²) in [6.07, 6.45) is 5.24. The molecule has 3 nitrogen and oxygen atoms in total. The molecule has 0 spiro atoms. The summed E-state index contributed by atoms with van der Waals surface area (Å²) < 4.78 is 0. The molecule has 0 aromatic heterocycles. The van der Waals surface area contributed by atoms with Crippen molar-refractivity contribution in [3.8, 4) is 0 Å². The van der Waals surface area contributed by atoms with Crippen LogP contribution in [0.1, 0.15) is 32.6 Å². The van der Waals surface area contributed by atoms with Crippen LogP contribution in [0.15, 0.2) is 0 Å². The molecule has 0 aromatic rings. The Hall–Kier alpha value is -0.220. The summed E-state index contributed by atoms with van der Waals surface area (Å²) in [5, 5.41) is 6.35. The van der Waals surface area contributed by atoms with Gasteiger partial charge in [-0.05, 0) is 25.7 Å². The van der Waals surface area contributed by atoms with E-state index in [1.165, 1.54) is 25.7 Å². The third-order valence-corrected chi connectivity index (χ3v) is 4.45. The third-order valence-electron chi connectivity index (χ3n) is 3.51. The topological polar surface area (TPSA) is 41.1 Å². The fraction of sp³-hybridized carbons (Fsp3) is 0.909. The van der Waals surface area contributed by atoms with Gasteiger partial charge in [-0.2, -0.15) is 0 Å². The zero-order valence-electron chi connectivity index (χ0n) is 9.29. The maximum atomic E-state index is 11.8. The molecule has 15 heavy (non-hydrogen) atoms. The minimum absolute atomic E-state index is 0.0406. The number of nitrogens with one attached hydrogen (secondary N) is 2. The highest BCUT2D eigenvalue weighted by molar-refractivity contribution is 7.99. The second-order valence-electron chi connectivity index (χ2n) is 4.61. The Morgan fingerprint density at radius 2 is 2.20 bits per heavy atom. The first-order chi connectivity index (χ1) is 7.27. The Bertz CT molecular complexity index is 223. The Balaban J connectivity index is 1.77. The smallest absolute Gasteiger partial charge is 0.238 e. The van der Waals surface area contributed by atoms with Crippen LogP contribution in [0.25, 0.3) is 0 Å². The van der Waals surface area contributed by atoms with Gasteiger partial charge in [0.05, 0.1) is 6.04 Å². The van der Waals surface area contributed by atoms with Crippen LogP contribution < -0.4 is 10.6 Å². The molecule has 4 heteroatoms. The summed E-state index contributed by atoms with van der Waals surface area (Å²) in [5.74, 6) is 2.74. The van der Waals surface area contributed by atoms with Crippen molar-refractivity contribution in [1.29, 1.82) is 0 Å². The van der Waals surface area contributed by atoms with Crippen LogP contribution in [-0.4, -0.2) is 29.6 Å². The molecule has 0 bridgehead atoms. The van der Waals surface area contributed by atoms with E-state index in [1.807, 2.05) is 0 Å². The number of hydrogen-bond donors (Lipinski definition) is 2. The Kier molecular flexibility index (Phi) is 3.92. The predicted octanol–water partition coefficient (Wildman–Crippen LogP) is 1.34. The molecule has 1 aliphatic carbocycles. The lowest BCUT2D eigenvalue weighted by Gasteiger charge is -2.22. The van der Waals surface area contributed by atoms with E-state index in [0.717, 1.165) is 11.6 Å². The second kappa shape index (κ2) is 5.21. The van der Waals surface area contributed by atoms with Gasteiger partial charge in [0.2, 0.25) is 5.91 Å². The van der Waals surface area contributed by atoms with Crippen LogP contribution in [0.5, 0.6) is 0 Å². The van der Waals surface area contributed by atoms with E-state index >= 15 is 0 Å². The highest BCUT2D eigenvalue weighted by Crippen LogP contribution is 2.27. The SMILES string of the molecule is CC(NC(=O)C1CSCN1)C1CCCC1. The van der Waals surface area contributed by atoms with E-state index in [4.69, 9.17) is 0 Å². The molecule has 0 radical (unpaired) electrons. The molecule has 86 valence electrons. The van der Waals surface area contributed by atoms with Crippen molar-refractivity contribution in [2.45, 2.75) is 44.7 Å². The fourth-order valence-corrected chi connectivity index (χ4v) is 3.41. The van der Waals surface area contributed by atoms with Crippen LogP contribution in [0.4, 0.5) is 0 Å². The van der Waals surface area contributed by atoms with E-state index in [2.05, 4.69) is 17.6 Å². The monoisotopic (exact) mass is 228 g/mol. The first-order valence-corrected chi connectivity index (χ1v) is 7.04. The van der Waals surface area contributed by atoms with Gasteiger partial charge in [0.15, 0.2) is 0 Å². The van der Waals surface area contributed by atoms with Gasteiger partial charge in [-0.15, -0.1) is 11.8 Å². The lowest BCUT2D eigenvalue weighted by Crippen LogP contribution is -2.47. The van der Waals surface area contributed by atoms with Crippen molar-refractivity contribution in [2.24, 2.45) is 5.92 Å². The Morgan fingerprint density at radius 3 is 2.80 bits per heavy atom. The van der Waals surface area contributed by atoms with Crippen LogP contribution in [0.2, 0.25) is 0 Å². The summed E-state index contributed by atoms with van der Waals surface area (Å²) in [5.41, 5.74) is 0. The molecule has 2 rings (SSSR count). The average Bonchev–Trinajstić information content (AvgIpc) is 2.91. The summed E-state index contributed by atoms with van der Waals surface area (Å²) in [6, 6.07) is 0.395. The minimum Gasteiger partial charge on any atom is -0.352 e. The Morgan fingerprint density at radius 1 is 1.47 bits per heavy atom. The van der Waals surface area contributed by atoms with Gasteiger partial charge in [0, 0.05) is 17.7 Å². The lowest BCUT2D eigenvalue weighted by atomic mass is 9.99. The van der Waals surface area contributed by atoms with Gasteiger partial charge in [-0.25, -0.2) is 0 Å². The van der Waals surface area contributed by atoms with Crippen molar-refractivity contribution in [2.75, 3.05) is 11.6 Å². The van der Waals surface area contributed by atoms with E-state index < -0.39 is 0 Å². The molecule has 0 aromatic carbocycles. The summed E-state index contributed by atoms with van der Waals surface area (Å²) in [4.78, 5) is 11.8. The molecule has 2 fully saturated rings. The third kappa shape index (κ3) is 2.88. The van der Waals surface area contributed by atoms with Crippen molar-refractivity contribution in [3.05, 3.63) is 0 Å². The zero-order valence-corrected chi connectivity index (χ0v) is 10.1. The number of amides is 1. The van der Waals surface area contributed by atoms with Crippen molar-refractivity contribution in [3.63, 3.8) is 0 Å². The second-order valence-corrected chi connectivity index (χ2v) is 5.64. The molecular formula is C11H20N2OS. The maximum absolute atomic E-state index is 11.8. The maximum Gasteiger partial charge on any atom is 0.238 e. The van der Waals surface area contributed by atoms with E-state index in [9.17, 15) is 4.79 Å². The molecule has 2 unspecified atom stereocenters. The first-order valence-electron chi connectivity index (χ1n) is 5.89. The molecule has 1 saturated heterocycles. The molecule has 1 heterocycles. The van der Waals surface area contributed by atoms with Gasteiger partial charge >= 0.3 is 0 Å². The number of thioether (sulfide) groups is 1. The van der Waals surface area contributed by atoms with Crippen LogP contribution in [-0.2, 0) is 4.79 Å². The number of hydrogen-bond acceptors (Lipinski definition) is 3. The average molecular weight is 228 g/mol.